The maximum atomic E-state index is 12.2. The zero-order valence-corrected chi connectivity index (χ0v) is 11.6. The van der Waals surface area contributed by atoms with Gasteiger partial charge in [0, 0.05) is 18.3 Å². The molecule has 2 aromatic heterocycles. The van der Waals surface area contributed by atoms with E-state index in [9.17, 15) is 4.79 Å². The molecule has 1 amide bonds. The van der Waals surface area contributed by atoms with E-state index in [0.29, 0.717) is 17.9 Å². The number of benzene rings is 1. The number of methoxy groups -OCH3 is 1. The van der Waals surface area contributed by atoms with E-state index >= 15 is 0 Å². The van der Waals surface area contributed by atoms with Gasteiger partial charge in [0.15, 0.2) is 0 Å². The number of pyridine rings is 1. The van der Waals surface area contributed by atoms with E-state index in [1.807, 2.05) is 36.5 Å². The van der Waals surface area contributed by atoms with Crippen LogP contribution in [0.2, 0.25) is 0 Å². The highest BCUT2D eigenvalue weighted by atomic mass is 16.5. The van der Waals surface area contributed by atoms with Crippen LogP contribution in [0.3, 0.4) is 0 Å². The minimum Gasteiger partial charge on any atom is -0.496 e. The molecule has 0 aliphatic heterocycles. The third-order valence-electron chi connectivity index (χ3n) is 3.30. The fourth-order valence-corrected chi connectivity index (χ4v) is 2.23. The molecule has 106 valence electrons. The summed E-state index contributed by atoms with van der Waals surface area (Å²) in [7, 11) is 1.55. The molecule has 2 heterocycles. The van der Waals surface area contributed by atoms with Gasteiger partial charge in [-0.25, -0.2) is 4.52 Å². The zero-order chi connectivity index (χ0) is 14.7. The first-order valence-electron chi connectivity index (χ1n) is 6.62. The molecule has 0 atom stereocenters. The molecule has 0 aliphatic carbocycles. The second-order valence-electron chi connectivity index (χ2n) is 4.58. The molecule has 0 fully saturated rings. The van der Waals surface area contributed by atoms with Crippen molar-refractivity contribution in [2.24, 2.45) is 0 Å². The van der Waals surface area contributed by atoms with Crippen molar-refractivity contribution < 1.29 is 9.53 Å². The monoisotopic (exact) mass is 281 g/mol. The topological polar surface area (TPSA) is 55.6 Å². The first kappa shape index (κ1) is 13.2. The van der Waals surface area contributed by atoms with Gasteiger partial charge in [-0.1, -0.05) is 18.2 Å². The minimum absolute atomic E-state index is 0.164. The van der Waals surface area contributed by atoms with Crippen molar-refractivity contribution in [3.63, 3.8) is 0 Å². The van der Waals surface area contributed by atoms with Crippen molar-refractivity contribution in [3.8, 4) is 5.75 Å². The number of hydrogen-bond acceptors (Lipinski definition) is 3. The van der Waals surface area contributed by atoms with Crippen LogP contribution in [-0.2, 0) is 6.54 Å². The largest absolute Gasteiger partial charge is 0.496 e. The predicted molar refractivity (Wildman–Crippen MR) is 79.4 cm³/mol. The summed E-state index contributed by atoms with van der Waals surface area (Å²) < 4.78 is 6.98. The zero-order valence-electron chi connectivity index (χ0n) is 11.6. The average Bonchev–Trinajstić information content (AvgIpc) is 2.96. The molecule has 0 unspecified atom stereocenters. The van der Waals surface area contributed by atoms with E-state index in [0.717, 1.165) is 11.1 Å². The molecule has 0 aliphatic rings. The number of carbonyl (C=O) groups excluding carboxylic acids is 1. The molecule has 0 saturated carbocycles. The lowest BCUT2D eigenvalue weighted by Crippen LogP contribution is -2.23. The number of aromatic nitrogens is 2. The highest BCUT2D eigenvalue weighted by molar-refractivity contribution is 5.96. The van der Waals surface area contributed by atoms with Crippen LogP contribution in [0.4, 0.5) is 0 Å². The Morgan fingerprint density at radius 2 is 2.05 bits per heavy atom. The summed E-state index contributed by atoms with van der Waals surface area (Å²) in [6, 6.07) is 13.0. The summed E-state index contributed by atoms with van der Waals surface area (Å²) in [4.78, 5) is 12.2. The first-order chi connectivity index (χ1) is 10.3. The SMILES string of the molecule is COc1ccccc1C(=O)NCc1cnn2ccccc12. The van der Waals surface area contributed by atoms with Crippen molar-refractivity contribution in [3.05, 3.63) is 66.0 Å². The van der Waals surface area contributed by atoms with Crippen molar-refractivity contribution >= 4 is 11.4 Å². The lowest BCUT2D eigenvalue weighted by molar-refractivity contribution is 0.0948. The van der Waals surface area contributed by atoms with E-state index in [-0.39, 0.29) is 5.91 Å². The number of hydrogen-bond donors (Lipinski definition) is 1. The molecular formula is C16H15N3O2. The maximum absolute atomic E-state index is 12.2. The molecule has 21 heavy (non-hydrogen) atoms. The number of para-hydroxylation sites is 1. The third-order valence-corrected chi connectivity index (χ3v) is 3.30. The van der Waals surface area contributed by atoms with Gasteiger partial charge in [-0.3, -0.25) is 4.79 Å². The highest BCUT2D eigenvalue weighted by Crippen LogP contribution is 2.17. The Kier molecular flexibility index (Phi) is 3.55. The van der Waals surface area contributed by atoms with Gasteiger partial charge in [0.25, 0.3) is 5.91 Å². The Bertz CT molecular complexity index is 780. The minimum atomic E-state index is -0.164. The third kappa shape index (κ3) is 2.58. The van der Waals surface area contributed by atoms with Gasteiger partial charge in [-0.2, -0.15) is 5.10 Å². The second-order valence-corrected chi connectivity index (χ2v) is 4.58. The Hall–Kier alpha value is -2.82. The summed E-state index contributed by atoms with van der Waals surface area (Å²) in [6.07, 6.45) is 3.64. The van der Waals surface area contributed by atoms with E-state index < -0.39 is 0 Å². The van der Waals surface area contributed by atoms with Crippen LogP contribution >= 0.6 is 0 Å². The van der Waals surface area contributed by atoms with Crippen LogP contribution in [0.15, 0.2) is 54.9 Å². The normalized spacial score (nSPS) is 10.5. The van der Waals surface area contributed by atoms with E-state index in [1.165, 1.54) is 0 Å². The number of ether oxygens (including phenoxy) is 1. The number of fused-ring (bicyclic) bond motifs is 1. The Balaban J connectivity index is 1.77. The lowest BCUT2D eigenvalue weighted by atomic mass is 10.2. The van der Waals surface area contributed by atoms with Gasteiger partial charge in [0.2, 0.25) is 0 Å². The van der Waals surface area contributed by atoms with E-state index in [1.54, 1.807) is 30.0 Å². The Morgan fingerprint density at radius 3 is 2.90 bits per heavy atom. The molecule has 3 aromatic rings. The summed E-state index contributed by atoms with van der Waals surface area (Å²) in [6.45, 7) is 0.421. The summed E-state index contributed by atoms with van der Waals surface area (Å²) >= 11 is 0. The smallest absolute Gasteiger partial charge is 0.255 e. The van der Waals surface area contributed by atoms with Gasteiger partial charge in [0.05, 0.1) is 24.4 Å². The van der Waals surface area contributed by atoms with Crippen molar-refractivity contribution in [2.75, 3.05) is 7.11 Å². The van der Waals surface area contributed by atoms with Gasteiger partial charge < -0.3 is 10.1 Å². The Morgan fingerprint density at radius 1 is 1.24 bits per heavy atom. The summed E-state index contributed by atoms with van der Waals surface area (Å²) in [5, 5.41) is 7.14. The number of amides is 1. The van der Waals surface area contributed by atoms with E-state index in [2.05, 4.69) is 10.4 Å². The molecule has 0 saturated heterocycles. The average molecular weight is 281 g/mol. The molecule has 0 bridgehead atoms. The fourth-order valence-electron chi connectivity index (χ4n) is 2.23. The van der Waals surface area contributed by atoms with Gasteiger partial charge in [-0.15, -0.1) is 0 Å². The van der Waals surface area contributed by atoms with Crippen molar-refractivity contribution in [1.82, 2.24) is 14.9 Å². The van der Waals surface area contributed by atoms with Crippen LogP contribution in [0.1, 0.15) is 15.9 Å². The number of rotatable bonds is 4. The first-order valence-corrected chi connectivity index (χ1v) is 6.62. The van der Waals surface area contributed by atoms with Gasteiger partial charge in [-0.05, 0) is 24.3 Å². The van der Waals surface area contributed by atoms with Crippen molar-refractivity contribution in [2.45, 2.75) is 6.54 Å². The molecule has 1 N–H and O–H groups in total. The summed E-state index contributed by atoms with van der Waals surface area (Å²) in [5.41, 5.74) is 2.48. The summed E-state index contributed by atoms with van der Waals surface area (Å²) in [5.74, 6) is 0.401. The lowest BCUT2D eigenvalue weighted by Gasteiger charge is -2.08. The molecular weight excluding hydrogens is 266 g/mol. The second kappa shape index (κ2) is 5.66. The molecule has 0 spiro atoms. The van der Waals surface area contributed by atoms with Gasteiger partial charge >= 0.3 is 0 Å². The van der Waals surface area contributed by atoms with E-state index in [4.69, 9.17) is 4.74 Å². The standard InChI is InChI=1S/C16H15N3O2/c1-21-15-8-3-2-6-13(15)16(20)17-10-12-11-18-19-9-5-4-7-14(12)19/h2-9,11H,10H2,1H3,(H,17,20). The fraction of sp³-hybridized carbons (Fsp3) is 0.125. The predicted octanol–water partition coefficient (Wildman–Crippen LogP) is 2.27. The number of nitrogens with one attached hydrogen (secondary N) is 1. The van der Waals surface area contributed by atoms with Crippen LogP contribution in [0, 0.1) is 0 Å². The van der Waals surface area contributed by atoms with Gasteiger partial charge in [0.1, 0.15) is 5.75 Å². The van der Waals surface area contributed by atoms with Crippen LogP contribution in [0.25, 0.3) is 5.52 Å². The highest BCUT2D eigenvalue weighted by Gasteiger charge is 2.12. The molecule has 5 nitrogen and oxygen atoms in total. The van der Waals surface area contributed by atoms with Crippen LogP contribution < -0.4 is 10.1 Å². The van der Waals surface area contributed by atoms with Crippen LogP contribution in [0.5, 0.6) is 5.75 Å². The molecule has 5 heteroatoms. The van der Waals surface area contributed by atoms with Crippen LogP contribution in [-0.4, -0.2) is 22.6 Å². The number of nitrogens with zero attached hydrogens (tertiary/aromatic N) is 2. The molecule has 3 rings (SSSR count). The quantitative estimate of drug-likeness (QED) is 0.798. The Labute approximate surface area is 122 Å². The molecule has 0 radical (unpaired) electrons. The number of carbonyl (C=O) groups is 1. The maximum Gasteiger partial charge on any atom is 0.255 e. The van der Waals surface area contributed by atoms with Crippen molar-refractivity contribution in [1.29, 1.82) is 0 Å². The molecule has 1 aromatic carbocycles.